The molecule has 2 aliphatic rings. The topological polar surface area (TPSA) is 165 Å². The van der Waals surface area contributed by atoms with Crippen molar-refractivity contribution in [1.29, 1.82) is 0 Å². The van der Waals surface area contributed by atoms with Crippen molar-refractivity contribution in [2.45, 2.75) is 110 Å². The Balaban J connectivity index is 1.92. The highest BCUT2D eigenvalue weighted by atomic mass is 32.2. The number of unbranched alkanes of at least 4 members (excludes halogenated alkanes) is 4. The molecule has 2 unspecified atom stereocenters. The largest absolute Gasteiger partial charge is 0.479 e. The van der Waals surface area contributed by atoms with Gasteiger partial charge < -0.3 is 26.0 Å². The standard InChI is InChI=1S/C28H51N5O7S/c1-7-9-10-11-12-14-20-17-28(20,25(36)37)31-24(35)21-15-13-16-33(21)23(34)18-29-26(38)30-22(27(3,4)5)19-32(6)41(39,40)8-2/h20-22H,7-19H2,1-6H3,(H,31,35)(H,36,37)(H2,29,30,38)/t20?,21-,22?,28+/m0/s1. The molecule has 0 bridgehead atoms. The average Bonchev–Trinajstić information content (AvgIpc) is 3.36. The summed E-state index contributed by atoms with van der Waals surface area (Å²) in [5.74, 6) is -2.11. The van der Waals surface area contributed by atoms with E-state index in [0.717, 1.165) is 38.5 Å². The van der Waals surface area contributed by atoms with Crippen molar-refractivity contribution < 1.29 is 32.7 Å². The number of carboxylic acids is 1. The van der Waals surface area contributed by atoms with Crippen molar-refractivity contribution in [3.63, 3.8) is 0 Å². The third kappa shape index (κ3) is 9.56. The summed E-state index contributed by atoms with van der Waals surface area (Å²) < 4.78 is 25.6. The highest BCUT2D eigenvalue weighted by Gasteiger charge is 2.61. The fourth-order valence-electron chi connectivity index (χ4n) is 5.38. The average molecular weight is 602 g/mol. The van der Waals surface area contributed by atoms with Crippen LogP contribution < -0.4 is 16.0 Å². The summed E-state index contributed by atoms with van der Waals surface area (Å²) >= 11 is 0. The minimum Gasteiger partial charge on any atom is -0.479 e. The van der Waals surface area contributed by atoms with Crippen molar-refractivity contribution in [3.05, 3.63) is 0 Å². The van der Waals surface area contributed by atoms with Gasteiger partial charge in [-0.05, 0) is 43.9 Å². The van der Waals surface area contributed by atoms with E-state index in [1.54, 1.807) is 6.92 Å². The molecular formula is C28H51N5O7S. The lowest BCUT2D eigenvalue weighted by atomic mass is 9.87. The maximum atomic E-state index is 13.2. The fraction of sp³-hybridized carbons (Fsp3) is 0.857. The van der Waals surface area contributed by atoms with Crippen LogP contribution in [0.15, 0.2) is 0 Å². The van der Waals surface area contributed by atoms with E-state index in [2.05, 4.69) is 22.9 Å². The Morgan fingerprint density at radius 2 is 1.76 bits per heavy atom. The van der Waals surface area contributed by atoms with Crippen LogP contribution in [0.1, 0.15) is 92.4 Å². The lowest BCUT2D eigenvalue weighted by molar-refractivity contribution is -0.145. The van der Waals surface area contributed by atoms with Crippen LogP contribution in [-0.2, 0) is 24.4 Å². The fourth-order valence-corrected chi connectivity index (χ4v) is 6.19. The first-order valence-corrected chi connectivity index (χ1v) is 16.5. The molecule has 41 heavy (non-hydrogen) atoms. The highest BCUT2D eigenvalue weighted by molar-refractivity contribution is 7.89. The number of nitrogens with zero attached hydrogens (tertiary/aromatic N) is 2. The molecule has 12 nitrogen and oxygen atoms in total. The van der Waals surface area contributed by atoms with Crippen molar-refractivity contribution in [2.24, 2.45) is 11.3 Å². The number of amides is 4. The van der Waals surface area contributed by atoms with Gasteiger partial charge in [-0.15, -0.1) is 0 Å². The second-order valence-electron chi connectivity index (χ2n) is 12.5. The van der Waals surface area contributed by atoms with Crippen LogP contribution in [0.25, 0.3) is 0 Å². The van der Waals surface area contributed by atoms with E-state index in [0.29, 0.717) is 25.8 Å². The minimum atomic E-state index is -3.44. The molecule has 4 atom stereocenters. The molecule has 2 fully saturated rings. The Morgan fingerprint density at radius 1 is 1.10 bits per heavy atom. The third-order valence-corrected chi connectivity index (χ3v) is 10.2. The van der Waals surface area contributed by atoms with Crippen molar-refractivity contribution >= 4 is 33.8 Å². The van der Waals surface area contributed by atoms with Gasteiger partial charge in [-0.2, -0.15) is 0 Å². The van der Waals surface area contributed by atoms with Crippen LogP contribution in [0, 0.1) is 11.3 Å². The quantitative estimate of drug-likeness (QED) is 0.197. The van der Waals surface area contributed by atoms with Crippen LogP contribution in [0.2, 0.25) is 0 Å². The van der Waals surface area contributed by atoms with Crippen LogP contribution >= 0.6 is 0 Å². The number of carbonyl (C=O) groups is 4. The van der Waals surface area contributed by atoms with Gasteiger partial charge in [-0.1, -0.05) is 59.8 Å². The van der Waals surface area contributed by atoms with Crippen LogP contribution in [0.5, 0.6) is 0 Å². The van der Waals surface area contributed by atoms with E-state index in [1.807, 2.05) is 20.8 Å². The van der Waals surface area contributed by atoms with E-state index in [4.69, 9.17) is 0 Å². The first kappa shape index (κ1) is 34.8. The predicted octanol–water partition coefficient (Wildman–Crippen LogP) is 2.29. The third-order valence-electron chi connectivity index (χ3n) is 8.40. The molecule has 0 radical (unpaired) electrons. The number of likely N-dealkylation sites (tertiary alicyclic amines) is 1. The van der Waals surface area contributed by atoms with Crippen molar-refractivity contribution in [3.8, 4) is 0 Å². The Labute approximate surface area is 245 Å². The smallest absolute Gasteiger partial charge is 0.329 e. The molecule has 1 aliphatic heterocycles. The Hall–Kier alpha value is -2.41. The number of carboxylic acid groups (broad SMARTS) is 1. The number of nitrogens with one attached hydrogen (secondary N) is 3. The molecule has 1 saturated carbocycles. The van der Waals surface area contributed by atoms with Gasteiger partial charge in [0.15, 0.2) is 0 Å². The SMILES string of the molecule is CCCCCCCC1C[C@]1(NC(=O)[C@@H]1CCCN1C(=O)CNC(=O)NC(CN(C)S(=O)(=O)CC)C(C)(C)C)C(=O)O. The van der Waals surface area contributed by atoms with Crippen molar-refractivity contribution in [2.75, 3.05) is 32.4 Å². The number of urea groups is 1. The van der Waals surface area contributed by atoms with E-state index in [9.17, 15) is 32.7 Å². The van der Waals surface area contributed by atoms with Crippen LogP contribution in [0.4, 0.5) is 4.79 Å². The summed E-state index contributed by atoms with van der Waals surface area (Å²) in [6.45, 7) is 9.39. The molecule has 1 heterocycles. The molecule has 236 valence electrons. The van der Waals surface area contributed by atoms with E-state index >= 15 is 0 Å². The number of sulfonamides is 1. The number of rotatable bonds is 16. The van der Waals surface area contributed by atoms with E-state index in [1.165, 1.54) is 16.3 Å². The summed E-state index contributed by atoms with van der Waals surface area (Å²) in [6, 6.07) is -1.94. The highest BCUT2D eigenvalue weighted by Crippen LogP contribution is 2.47. The predicted molar refractivity (Wildman–Crippen MR) is 157 cm³/mol. The summed E-state index contributed by atoms with van der Waals surface area (Å²) in [5, 5.41) is 17.9. The van der Waals surface area contributed by atoms with Gasteiger partial charge in [-0.25, -0.2) is 22.3 Å². The monoisotopic (exact) mass is 601 g/mol. The molecule has 0 spiro atoms. The molecular weight excluding hydrogens is 550 g/mol. The molecule has 1 saturated heterocycles. The zero-order valence-corrected chi connectivity index (χ0v) is 26.4. The van der Waals surface area contributed by atoms with Gasteiger partial charge in [0.05, 0.1) is 12.3 Å². The van der Waals surface area contributed by atoms with Crippen LogP contribution in [-0.4, -0.2) is 96.6 Å². The van der Waals surface area contributed by atoms with Gasteiger partial charge in [0.25, 0.3) is 0 Å². The summed E-state index contributed by atoms with van der Waals surface area (Å²) in [5.41, 5.74) is -1.73. The van der Waals surface area contributed by atoms with Gasteiger partial charge in [-0.3, -0.25) is 9.59 Å². The lowest BCUT2D eigenvalue weighted by Crippen LogP contribution is -2.56. The number of hydrogen-bond donors (Lipinski definition) is 4. The van der Waals surface area contributed by atoms with Crippen LogP contribution in [0.3, 0.4) is 0 Å². The molecule has 2 rings (SSSR count). The number of likely N-dealkylation sites (N-methyl/N-ethyl adjacent to an activating group) is 1. The van der Waals surface area contributed by atoms with Gasteiger partial charge in [0, 0.05) is 26.2 Å². The van der Waals surface area contributed by atoms with Gasteiger partial charge in [0.2, 0.25) is 21.8 Å². The lowest BCUT2D eigenvalue weighted by Gasteiger charge is -2.34. The second kappa shape index (κ2) is 14.7. The maximum Gasteiger partial charge on any atom is 0.329 e. The Morgan fingerprint density at radius 3 is 2.34 bits per heavy atom. The molecule has 4 amide bonds. The summed E-state index contributed by atoms with van der Waals surface area (Å²) in [4.78, 5) is 52.3. The molecule has 1 aliphatic carbocycles. The maximum absolute atomic E-state index is 13.2. The molecule has 13 heteroatoms. The molecule has 4 N–H and O–H groups in total. The summed E-state index contributed by atoms with van der Waals surface area (Å²) in [7, 11) is -1.98. The van der Waals surface area contributed by atoms with E-state index in [-0.39, 0.29) is 24.8 Å². The second-order valence-corrected chi connectivity index (χ2v) is 14.9. The molecule has 0 aromatic heterocycles. The number of aliphatic carboxylic acids is 1. The van der Waals surface area contributed by atoms with Gasteiger partial charge in [0.1, 0.15) is 11.6 Å². The number of carbonyl (C=O) groups excluding carboxylic acids is 3. The first-order chi connectivity index (χ1) is 19.1. The van der Waals surface area contributed by atoms with Crippen molar-refractivity contribution in [1.82, 2.24) is 25.2 Å². The number of hydrogen-bond acceptors (Lipinski definition) is 6. The normalized spacial score (nSPS) is 23.2. The Kier molecular flexibility index (Phi) is 12.4. The minimum absolute atomic E-state index is 0.0566. The summed E-state index contributed by atoms with van der Waals surface area (Å²) in [6.07, 6.45) is 7.55. The molecule has 0 aromatic carbocycles. The zero-order chi connectivity index (χ0) is 31.0. The van der Waals surface area contributed by atoms with Gasteiger partial charge >= 0.3 is 12.0 Å². The Bertz CT molecular complexity index is 1040. The van der Waals surface area contributed by atoms with E-state index < -0.39 is 56.9 Å². The molecule has 0 aromatic rings. The zero-order valence-electron chi connectivity index (χ0n) is 25.6. The first-order valence-electron chi connectivity index (χ1n) is 14.9.